The maximum absolute atomic E-state index is 12.4. The van der Waals surface area contributed by atoms with E-state index >= 15 is 0 Å². The van der Waals surface area contributed by atoms with E-state index in [4.69, 9.17) is 4.74 Å². The molecule has 26 heavy (non-hydrogen) atoms. The van der Waals surface area contributed by atoms with Gasteiger partial charge in [0.2, 0.25) is 5.91 Å². The number of amides is 2. The van der Waals surface area contributed by atoms with Gasteiger partial charge in [-0.15, -0.1) is 11.3 Å². The van der Waals surface area contributed by atoms with Crippen molar-refractivity contribution < 1.29 is 14.3 Å². The third-order valence-corrected chi connectivity index (χ3v) is 5.94. The molecular formula is C18H28N4O3S. The molecule has 7 nitrogen and oxygen atoms in total. The predicted octanol–water partition coefficient (Wildman–Crippen LogP) is 1.22. The Hall–Kier alpha value is -1.51. The number of nitrogens with zero attached hydrogens (tertiary/aromatic N) is 3. The quantitative estimate of drug-likeness (QED) is 0.751. The van der Waals surface area contributed by atoms with E-state index in [0.717, 1.165) is 51.9 Å². The number of piperidine rings is 2. The smallest absolute Gasteiger partial charge is 0.273 e. The summed E-state index contributed by atoms with van der Waals surface area (Å²) in [5.41, 5.74) is 2.25. The normalized spacial score (nSPS) is 22.3. The SMILES string of the molecule is COCCNC(=O)[C@H]1CCCN(C2CCN(C(=O)c3cscn3)CC2)C1. The molecule has 3 heterocycles. The zero-order valence-electron chi connectivity index (χ0n) is 15.4. The largest absolute Gasteiger partial charge is 0.383 e. The van der Waals surface area contributed by atoms with Crippen LogP contribution in [0.5, 0.6) is 0 Å². The standard InChI is InChI=1S/C18H28N4O3S/c1-25-10-6-19-17(23)14-3-2-7-22(11-14)15-4-8-21(9-5-15)18(24)16-12-26-13-20-16/h12-15H,2-11H2,1H3,(H,19,23)/t14-/m0/s1. The maximum Gasteiger partial charge on any atom is 0.273 e. The van der Waals surface area contributed by atoms with Crippen LogP contribution in [0.3, 0.4) is 0 Å². The molecular weight excluding hydrogens is 352 g/mol. The van der Waals surface area contributed by atoms with Crippen LogP contribution in [-0.2, 0) is 9.53 Å². The number of aromatic nitrogens is 1. The third kappa shape index (κ3) is 4.81. The van der Waals surface area contributed by atoms with Gasteiger partial charge in [-0.3, -0.25) is 14.5 Å². The van der Waals surface area contributed by atoms with Crippen molar-refractivity contribution in [3.63, 3.8) is 0 Å². The van der Waals surface area contributed by atoms with Crippen molar-refractivity contribution in [2.75, 3.05) is 46.4 Å². The molecule has 1 N–H and O–H groups in total. The molecule has 0 aromatic carbocycles. The Morgan fingerprint density at radius 1 is 1.31 bits per heavy atom. The number of hydrogen-bond acceptors (Lipinski definition) is 6. The number of ether oxygens (including phenoxy) is 1. The molecule has 2 aliphatic rings. The van der Waals surface area contributed by atoms with Crippen molar-refractivity contribution in [3.8, 4) is 0 Å². The predicted molar refractivity (Wildman–Crippen MR) is 100 cm³/mol. The molecule has 8 heteroatoms. The zero-order valence-corrected chi connectivity index (χ0v) is 16.2. The summed E-state index contributed by atoms with van der Waals surface area (Å²) in [4.78, 5) is 33.2. The summed E-state index contributed by atoms with van der Waals surface area (Å²) >= 11 is 1.45. The summed E-state index contributed by atoms with van der Waals surface area (Å²) in [5, 5.41) is 4.78. The van der Waals surface area contributed by atoms with Crippen LogP contribution in [0.1, 0.15) is 36.2 Å². The summed E-state index contributed by atoms with van der Waals surface area (Å²) in [5.74, 6) is 0.247. The molecule has 1 aromatic rings. The highest BCUT2D eigenvalue weighted by molar-refractivity contribution is 7.07. The number of methoxy groups -OCH3 is 1. The van der Waals surface area contributed by atoms with Crippen LogP contribution in [0.25, 0.3) is 0 Å². The van der Waals surface area contributed by atoms with E-state index in [1.165, 1.54) is 11.3 Å². The molecule has 1 atom stereocenters. The Morgan fingerprint density at radius 2 is 2.12 bits per heavy atom. The molecule has 0 saturated carbocycles. The fourth-order valence-electron chi connectivity index (χ4n) is 3.89. The molecule has 1 aromatic heterocycles. The lowest BCUT2D eigenvalue weighted by atomic mass is 9.93. The second kappa shape index (κ2) is 9.43. The number of carbonyl (C=O) groups is 2. The van der Waals surface area contributed by atoms with E-state index in [0.29, 0.717) is 24.9 Å². The van der Waals surface area contributed by atoms with Gasteiger partial charge in [-0.05, 0) is 32.2 Å². The molecule has 3 rings (SSSR count). The van der Waals surface area contributed by atoms with Crippen molar-refractivity contribution in [3.05, 3.63) is 16.6 Å². The van der Waals surface area contributed by atoms with E-state index in [-0.39, 0.29) is 17.7 Å². The minimum atomic E-state index is 0.0405. The van der Waals surface area contributed by atoms with Crippen molar-refractivity contribution in [1.82, 2.24) is 20.1 Å². The summed E-state index contributed by atoms with van der Waals surface area (Å²) in [6.07, 6.45) is 3.94. The minimum Gasteiger partial charge on any atom is -0.383 e. The molecule has 0 unspecified atom stereocenters. The van der Waals surface area contributed by atoms with Crippen LogP contribution < -0.4 is 5.32 Å². The van der Waals surface area contributed by atoms with Gasteiger partial charge in [-0.2, -0.15) is 0 Å². The summed E-state index contributed by atoms with van der Waals surface area (Å²) < 4.78 is 4.99. The van der Waals surface area contributed by atoms with Crippen LogP contribution >= 0.6 is 11.3 Å². The molecule has 2 saturated heterocycles. The molecule has 144 valence electrons. The van der Waals surface area contributed by atoms with Crippen LogP contribution in [0.4, 0.5) is 0 Å². The first-order valence-electron chi connectivity index (χ1n) is 9.37. The number of carbonyl (C=O) groups excluding carboxylic acids is 2. The fraction of sp³-hybridized carbons (Fsp3) is 0.722. The molecule has 0 radical (unpaired) electrons. The van der Waals surface area contributed by atoms with Gasteiger partial charge in [0, 0.05) is 44.7 Å². The Balaban J connectivity index is 1.46. The highest BCUT2D eigenvalue weighted by Crippen LogP contribution is 2.24. The molecule has 2 fully saturated rings. The van der Waals surface area contributed by atoms with Gasteiger partial charge in [0.25, 0.3) is 5.91 Å². The van der Waals surface area contributed by atoms with Crippen LogP contribution in [0.2, 0.25) is 0 Å². The highest BCUT2D eigenvalue weighted by atomic mass is 32.1. The molecule has 2 aliphatic heterocycles. The maximum atomic E-state index is 12.4. The number of hydrogen-bond donors (Lipinski definition) is 1. The number of thiazole rings is 1. The fourth-order valence-corrected chi connectivity index (χ4v) is 4.41. The molecule has 0 aliphatic carbocycles. The summed E-state index contributed by atoms with van der Waals surface area (Å²) in [6.45, 7) is 4.52. The highest BCUT2D eigenvalue weighted by Gasteiger charge is 2.32. The lowest BCUT2D eigenvalue weighted by Gasteiger charge is -2.41. The Morgan fingerprint density at radius 3 is 2.81 bits per heavy atom. The Kier molecular flexibility index (Phi) is 6.99. The van der Waals surface area contributed by atoms with E-state index in [9.17, 15) is 9.59 Å². The molecule has 0 bridgehead atoms. The van der Waals surface area contributed by atoms with Crippen molar-refractivity contribution >= 4 is 23.2 Å². The van der Waals surface area contributed by atoms with E-state index in [2.05, 4.69) is 15.2 Å². The second-order valence-corrected chi connectivity index (χ2v) is 7.73. The minimum absolute atomic E-state index is 0.0405. The molecule has 2 amide bonds. The van der Waals surface area contributed by atoms with Gasteiger partial charge in [-0.1, -0.05) is 0 Å². The van der Waals surface area contributed by atoms with Gasteiger partial charge >= 0.3 is 0 Å². The first kappa shape index (κ1) is 19.3. The van der Waals surface area contributed by atoms with E-state index in [1.54, 1.807) is 12.6 Å². The van der Waals surface area contributed by atoms with E-state index < -0.39 is 0 Å². The Bertz CT molecular complexity index is 587. The lowest BCUT2D eigenvalue weighted by molar-refractivity contribution is -0.127. The van der Waals surface area contributed by atoms with Crippen molar-refractivity contribution in [2.45, 2.75) is 31.7 Å². The van der Waals surface area contributed by atoms with Crippen molar-refractivity contribution in [1.29, 1.82) is 0 Å². The van der Waals surface area contributed by atoms with Crippen LogP contribution in [0, 0.1) is 5.92 Å². The van der Waals surface area contributed by atoms with E-state index in [1.807, 2.05) is 10.3 Å². The third-order valence-electron chi connectivity index (χ3n) is 5.35. The number of rotatable bonds is 6. The van der Waals surface area contributed by atoms with Gasteiger partial charge in [0.15, 0.2) is 0 Å². The number of nitrogens with one attached hydrogen (secondary N) is 1. The lowest BCUT2D eigenvalue weighted by Crippen LogP contribution is -2.51. The monoisotopic (exact) mass is 380 g/mol. The van der Waals surface area contributed by atoms with Crippen LogP contribution in [0.15, 0.2) is 10.9 Å². The van der Waals surface area contributed by atoms with Gasteiger partial charge in [-0.25, -0.2) is 4.98 Å². The van der Waals surface area contributed by atoms with Crippen LogP contribution in [-0.4, -0.2) is 79.1 Å². The number of likely N-dealkylation sites (tertiary alicyclic amines) is 2. The second-order valence-electron chi connectivity index (χ2n) is 7.01. The first-order valence-corrected chi connectivity index (χ1v) is 10.3. The first-order chi connectivity index (χ1) is 12.7. The summed E-state index contributed by atoms with van der Waals surface area (Å²) in [7, 11) is 1.64. The zero-order chi connectivity index (χ0) is 18.4. The van der Waals surface area contributed by atoms with Crippen molar-refractivity contribution in [2.24, 2.45) is 5.92 Å². The topological polar surface area (TPSA) is 74.8 Å². The average Bonchev–Trinajstić information content (AvgIpc) is 3.22. The Labute approximate surface area is 158 Å². The summed E-state index contributed by atoms with van der Waals surface area (Å²) in [6, 6.07) is 0.462. The average molecular weight is 381 g/mol. The van der Waals surface area contributed by atoms with Gasteiger partial charge in [0.05, 0.1) is 18.0 Å². The molecule has 0 spiro atoms. The van der Waals surface area contributed by atoms with Gasteiger partial charge < -0.3 is 15.0 Å². The van der Waals surface area contributed by atoms with Gasteiger partial charge in [0.1, 0.15) is 5.69 Å².